The Morgan fingerprint density at radius 3 is 2.36 bits per heavy atom. The summed E-state index contributed by atoms with van der Waals surface area (Å²) in [5.41, 5.74) is 4.87. The van der Waals surface area contributed by atoms with Gasteiger partial charge in [0.1, 0.15) is 6.07 Å². The standard InChI is InChI=1S/C30H27F3N4O2/c1-30(2,39)16-37-11-9-17-13-23(26(32)27(33)28(17)37)21-6-4-3-5-20(21)22-8-7-18(14-34)25(31)24(22)29(38)36-12-10-19(35)15-36/h3-9,11,13,19,39H,10,12,15-16,35H2,1-2H3. The van der Waals surface area contributed by atoms with Gasteiger partial charge in [-0.05, 0) is 55.2 Å². The molecule has 1 aliphatic rings. The van der Waals surface area contributed by atoms with Crippen molar-refractivity contribution in [2.24, 2.45) is 5.73 Å². The number of aliphatic hydroxyl groups is 1. The van der Waals surface area contributed by atoms with Crippen molar-refractivity contribution < 1.29 is 23.1 Å². The molecular formula is C30H27F3N4O2. The maximum Gasteiger partial charge on any atom is 0.257 e. The molecule has 39 heavy (non-hydrogen) atoms. The summed E-state index contributed by atoms with van der Waals surface area (Å²) in [6, 6.07) is 13.8. The van der Waals surface area contributed by atoms with Gasteiger partial charge in [-0.2, -0.15) is 5.26 Å². The molecule has 4 aromatic rings. The van der Waals surface area contributed by atoms with Gasteiger partial charge in [-0.1, -0.05) is 30.3 Å². The molecule has 200 valence electrons. The van der Waals surface area contributed by atoms with Gasteiger partial charge in [0.25, 0.3) is 5.91 Å². The largest absolute Gasteiger partial charge is 0.389 e. The molecular weight excluding hydrogens is 505 g/mol. The Morgan fingerprint density at radius 2 is 1.74 bits per heavy atom. The van der Waals surface area contributed by atoms with Gasteiger partial charge in [-0.25, -0.2) is 13.2 Å². The first-order valence-electron chi connectivity index (χ1n) is 12.6. The molecule has 2 heterocycles. The summed E-state index contributed by atoms with van der Waals surface area (Å²) in [5, 5.41) is 20.0. The van der Waals surface area contributed by atoms with Crippen LogP contribution in [0.15, 0.2) is 54.7 Å². The SMILES string of the molecule is CC(C)(O)Cn1ccc2cc(-c3ccccc3-c3ccc(C#N)c(F)c3C(=O)N3CCC(N)C3)c(F)c(F)c21. The summed E-state index contributed by atoms with van der Waals surface area (Å²) in [6.07, 6.45) is 2.14. The molecule has 0 spiro atoms. The second kappa shape index (κ2) is 9.88. The zero-order valence-electron chi connectivity index (χ0n) is 21.5. The number of carbonyl (C=O) groups is 1. The number of nitriles is 1. The number of hydrogen-bond donors (Lipinski definition) is 2. The number of amides is 1. The summed E-state index contributed by atoms with van der Waals surface area (Å²) in [6.45, 7) is 3.79. The number of halogens is 3. The van der Waals surface area contributed by atoms with Crippen LogP contribution in [0.1, 0.15) is 36.2 Å². The van der Waals surface area contributed by atoms with Crippen molar-refractivity contribution in [1.82, 2.24) is 9.47 Å². The fourth-order valence-electron chi connectivity index (χ4n) is 5.22. The topological polar surface area (TPSA) is 95.3 Å². The van der Waals surface area contributed by atoms with Crippen molar-refractivity contribution in [2.75, 3.05) is 13.1 Å². The zero-order chi connectivity index (χ0) is 28.1. The number of likely N-dealkylation sites (tertiary alicyclic amines) is 1. The van der Waals surface area contributed by atoms with E-state index in [1.54, 1.807) is 56.4 Å². The lowest BCUT2D eigenvalue weighted by atomic mass is 9.89. The van der Waals surface area contributed by atoms with Gasteiger partial charge < -0.3 is 20.3 Å². The molecule has 0 saturated carbocycles. The highest BCUT2D eigenvalue weighted by Gasteiger charge is 2.31. The van der Waals surface area contributed by atoms with Gasteiger partial charge in [0.15, 0.2) is 17.5 Å². The maximum absolute atomic E-state index is 15.7. The number of benzene rings is 3. The molecule has 6 nitrogen and oxygen atoms in total. The Balaban J connectivity index is 1.70. The average molecular weight is 533 g/mol. The van der Waals surface area contributed by atoms with Crippen molar-refractivity contribution in [3.63, 3.8) is 0 Å². The van der Waals surface area contributed by atoms with Crippen LogP contribution in [0.3, 0.4) is 0 Å². The molecule has 1 atom stereocenters. The smallest absolute Gasteiger partial charge is 0.257 e. The predicted molar refractivity (Wildman–Crippen MR) is 142 cm³/mol. The summed E-state index contributed by atoms with van der Waals surface area (Å²) < 4.78 is 48.2. The van der Waals surface area contributed by atoms with Crippen LogP contribution in [0.2, 0.25) is 0 Å². The number of rotatable bonds is 5. The number of nitrogens with two attached hydrogens (primary N) is 1. The molecule has 3 aromatic carbocycles. The average Bonchev–Trinajstić information content (AvgIpc) is 3.50. The molecule has 1 amide bonds. The molecule has 1 aromatic heterocycles. The highest BCUT2D eigenvalue weighted by molar-refractivity contribution is 6.04. The summed E-state index contributed by atoms with van der Waals surface area (Å²) in [4.78, 5) is 14.9. The van der Waals surface area contributed by atoms with Crippen molar-refractivity contribution in [2.45, 2.75) is 38.5 Å². The number of carbonyl (C=O) groups excluding carboxylic acids is 1. The highest BCUT2D eigenvalue weighted by atomic mass is 19.2. The molecule has 0 radical (unpaired) electrons. The van der Waals surface area contributed by atoms with Crippen LogP contribution in [0.25, 0.3) is 33.2 Å². The number of nitrogens with zero attached hydrogens (tertiary/aromatic N) is 3. The number of aromatic nitrogens is 1. The lowest BCUT2D eigenvalue weighted by molar-refractivity contribution is 0.0626. The van der Waals surface area contributed by atoms with Crippen LogP contribution >= 0.6 is 0 Å². The minimum Gasteiger partial charge on any atom is -0.389 e. The first-order chi connectivity index (χ1) is 18.5. The van der Waals surface area contributed by atoms with E-state index in [9.17, 15) is 15.2 Å². The van der Waals surface area contributed by atoms with Gasteiger partial charge in [0.05, 0.1) is 28.8 Å². The summed E-state index contributed by atoms with van der Waals surface area (Å²) >= 11 is 0. The Morgan fingerprint density at radius 1 is 1.05 bits per heavy atom. The van der Waals surface area contributed by atoms with Crippen molar-refractivity contribution in [3.8, 4) is 28.3 Å². The Hall–Kier alpha value is -4.13. The first kappa shape index (κ1) is 26.5. The highest BCUT2D eigenvalue weighted by Crippen LogP contribution is 2.40. The first-order valence-corrected chi connectivity index (χ1v) is 12.6. The van der Waals surface area contributed by atoms with Crippen LogP contribution in [-0.4, -0.2) is 45.2 Å². The van der Waals surface area contributed by atoms with Gasteiger partial charge in [-0.3, -0.25) is 4.79 Å². The van der Waals surface area contributed by atoms with E-state index in [2.05, 4.69) is 0 Å². The van der Waals surface area contributed by atoms with Crippen LogP contribution in [0.4, 0.5) is 13.2 Å². The van der Waals surface area contributed by atoms with E-state index in [4.69, 9.17) is 5.73 Å². The van der Waals surface area contributed by atoms with E-state index < -0.39 is 29.0 Å². The molecule has 1 unspecified atom stereocenters. The van der Waals surface area contributed by atoms with E-state index in [0.717, 1.165) is 0 Å². The quantitative estimate of drug-likeness (QED) is 0.369. The molecule has 0 aliphatic carbocycles. The molecule has 1 saturated heterocycles. The van der Waals surface area contributed by atoms with Gasteiger partial charge in [-0.15, -0.1) is 0 Å². The molecule has 1 aliphatic heterocycles. The minimum absolute atomic E-state index is 0.0153. The van der Waals surface area contributed by atoms with Crippen molar-refractivity contribution in [1.29, 1.82) is 5.26 Å². The fraction of sp³-hybridized carbons (Fsp3) is 0.267. The van der Waals surface area contributed by atoms with Crippen molar-refractivity contribution >= 4 is 16.8 Å². The van der Waals surface area contributed by atoms with Gasteiger partial charge in [0, 0.05) is 36.3 Å². The van der Waals surface area contributed by atoms with Crippen LogP contribution < -0.4 is 5.73 Å². The summed E-state index contributed by atoms with van der Waals surface area (Å²) in [5.74, 6) is -3.78. The van der Waals surface area contributed by atoms with Crippen LogP contribution in [0.5, 0.6) is 0 Å². The van der Waals surface area contributed by atoms with E-state index in [1.807, 2.05) is 0 Å². The lowest BCUT2D eigenvalue weighted by Gasteiger charge is -2.21. The maximum atomic E-state index is 15.7. The van der Waals surface area contributed by atoms with E-state index in [1.165, 1.54) is 27.7 Å². The van der Waals surface area contributed by atoms with Gasteiger partial charge in [0.2, 0.25) is 0 Å². The van der Waals surface area contributed by atoms with Gasteiger partial charge >= 0.3 is 0 Å². The second-order valence-electron chi connectivity index (χ2n) is 10.6. The molecule has 5 rings (SSSR count). The lowest BCUT2D eigenvalue weighted by Crippen LogP contribution is -2.33. The summed E-state index contributed by atoms with van der Waals surface area (Å²) in [7, 11) is 0. The van der Waals surface area contributed by atoms with E-state index in [-0.39, 0.29) is 52.5 Å². The number of fused-ring (bicyclic) bond motifs is 1. The Labute approximate surface area is 223 Å². The molecule has 9 heteroatoms. The van der Waals surface area contributed by atoms with Crippen LogP contribution in [-0.2, 0) is 6.54 Å². The second-order valence-corrected chi connectivity index (χ2v) is 10.6. The predicted octanol–water partition coefficient (Wildman–Crippen LogP) is 5.21. The Bertz CT molecular complexity index is 1650. The fourth-order valence-corrected chi connectivity index (χ4v) is 5.22. The molecule has 3 N–H and O–H groups in total. The van der Waals surface area contributed by atoms with Crippen molar-refractivity contribution in [3.05, 3.63) is 83.3 Å². The Kier molecular flexibility index (Phi) is 6.70. The third-order valence-electron chi connectivity index (χ3n) is 6.98. The van der Waals surface area contributed by atoms with E-state index >= 15 is 13.2 Å². The zero-order valence-corrected chi connectivity index (χ0v) is 21.5. The monoisotopic (exact) mass is 532 g/mol. The normalized spacial score (nSPS) is 15.6. The molecule has 1 fully saturated rings. The minimum atomic E-state index is -1.15. The number of hydrogen-bond acceptors (Lipinski definition) is 4. The van der Waals surface area contributed by atoms with Crippen LogP contribution in [0, 0.1) is 28.8 Å². The third-order valence-corrected chi connectivity index (χ3v) is 6.98. The molecule has 0 bridgehead atoms. The van der Waals surface area contributed by atoms with E-state index in [0.29, 0.717) is 23.9 Å². The third kappa shape index (κ3) is 4.78.